The van der Waals surface area contributed by atoms with E-state index in [0.29, 0.717) is 11.4 Å². The van der Waals surface area contributed by atoms with Gasteiger partial charge < -0.3 is 10.6 Å². The van der Waals surface area contributed by atoms with Gasteiger partial charge in [0.05, 0.1) is 9.77 Å². The highest BCUT2D eigenvalue weighted by atomic mass is 32.2. The van der Waals surface area contributed by atoms with E-state index in [1.54, 1.807) is 43.4 Å². The molecule has 2 N–H and O–H groups in total. The molecule has 2 rings (SSSR count). The summed E-state index contributed by atoms with van der Waals surface area (Å²) in [5, 5.41) is 0. The van der Waals surface area contributed by atoms with E-state index >= 15 is 0 Å². The van der Waals surface area contributed by atoms with Gasteiger partial charge in [-0.05, 0) is 31.2 Å². The van der Waals surface area contributed by atoms with Crippen LogP contribution < -0.4 is 5.73 Å². The molecule has 7 heteroatoms. The molecule has 1 amide bonds. The molecule has 22 heavy (non-hydrogen) atoms. The van der Waals surface area contributed by atoms with Crippen LogP contribution in [0.4, 0.5) is 0 Å². The maximum Gasteiger partial charge on any atom is 0.263 e. The summed E-state index contributed by atoms with van der Waals surface area (Å²) in [6.45, 7) is 2.19. The second kappa shape index (κ2) is 6.60. The van der Waals surface area contributed by atoms with E-state index in [9.17, 15) is 13.2 Å². The van der Waals surface area contributed by atoms with E-state index in [1.165, 1.54) is 11.0 Å². The molecule has 2 aromatic rings. The van der Waals surface area contributed by atoms with Crippen LogP contribution in [0.3, 0.4) is 0 Å². The minimum atomic E-state index is -3.58. The van der Waals surface area contributed by atoms with Gasteiger partial charge in [0.1, 0.15) is 4.21 Å². The van der Waals surface area contributed by atoms with Gasteiger partial charge in [-0.15, -0.1) is 11.3 Å². The quantitative estimate of drug-likeness (QED) is 0.904. The van der Waals surface area contributed by atoms with Gasteiger partial charge in [-0.2, -0.15) is 0 Å². The number of likely N-dealkylation sites (N-methyl/N-ethyl adjacent to an activating group) is 1. The predicted octanol–water partition coefficient (Wildman–Crippen LogP) is 2.00. The van der Waals surface area contributed by atoms with Crippen LogP contribution in [-0.4, -0.2) is 38.9 Å². The van der Waals surface area contributed by atoms with Crippen LogP contribution in [0.25, 0.3) is 0 Å². The monoisotopic (exact) mass is 338 g/mol. The highest BCUT2D eigenvalue weighted by Gasteiger charge is 2.23. The topological polar surface area (TPSA) is 80.5 Å². The maximum absolute atomic E-state index is 12.5. The number of carbonyl (C=O) groups excluding carboxylic acids is 1. The predicted molar refractivity (Wildman–Crippen MR) is 86.8 cm³/mol. The average molecular weight is 338 g/mol. The minimum absolute atomic E-state index is 0.108. The molecule has 0 fully saturated rings. The number of nitrogens with two attached hydrogens (primary N) is 1. The standard InChI is InChI=1S/C15H18N2O3S2/c1-11(10-16)17(2)15(18)13-8-9-14(21-13)22(19,20)12-6-4-3-5-7-12/h3-9,11H,10,16H2,1-2H3. The van der Waals surface area contributed by atoms with Crippen molar-refractivity contribution in [3.05, 3.63) is 47.3 Å². The number of benzene rings is 1. The Balaban J connectivity index is 2.31. The SMILES string of the molecule is CC(CN)N(C)C(=O)c1ccc(S(=O)(=O)c2ccccc2)s1. The molecule has 5 nitrogen and oxygen atoms in total. The first kappa shape index (κ1) is 16.7. The van der Waals surface area contributed by atoms with Crippen LogP contribution >= 0.6 is 11.3 Å². The normalized spacial score (nSPS) is 12.9. The fourth-order valence-corrected chi connectivity index (χ4v) is 4.54. The molecule has 0 bridgehead atoms. The second-order valence-electron chi connectivity index (χ2n) is 4.94. The lowest BCUT2D eigenvalue weighted by Gasteiger charge is -2.22. The molecule has 0 saturated carbocycles. The molecule has 1 heterocycles. The zero-order valence-corrected chi connectivity index (χ0v) is 14.0. The molecule has 0 saturated heterocycles. The number of amides is 1. The summed E-state index contributed by atoms with van der Waals surface area (Å²) in [5.41, 5.74) is 5.55. The van der Waals surface area contributed by atoms with E-state index in [1.807, 2.05) is 6.92 Å². The molecule has 0 aliphatic carbocycles. The number of hydrogen-bond donors (Lipinski definition) is 1. The van der Waals surface area contributed by atoms with Gasteiger partial charge >= 0.3 is 0 Å². The van der Waals surface area contributed by atoms with Gasteiger partial charge in [0.25, 0.3) is 5.91 Å². The zero-order valence-electron chi connectivity index (χ0n) is 12.4. The summed E-state index contributed by atoms with van der Waals surface area (Å²) in [4.78, 5) is 14.4. The van der Waals surface area contributed by atoms with Crippen molar-refractivity contribution in [1.82, 2.24) is 4.90 Å². The van der Waals surface area contributed by atoms with Crippen molar-refractivity contribution in [3.63, 3.8) is 0 Å². The fraction of sp³-hybridized carbons (Fsp3) is 0.267. The molecule has 1 atom stereocenters. The number of hydrogen-bond acceptors (Lipinski definition) is 5. The van der Waals surface area contributed by atoms with Gasteiger partial charge in [-0.3, -0.25) is 4.79 Å². The lowest BCUT2D eigenvalue weighted by atomic mass is 10.3. The van der Waals surface area contributed by atoms with Gasteiger partial charge in [0.2, 0.25) is 9.84 Å². The van der Waals surface area contributed by atoms with Crippen LogP contribution in [-0.2, 0) is 9.84 Å². The van der Waals surface area contributed by atoms with E-state index in [-0.39, 0.29) is 21.1 Å². The van der Waals surface area contributed by atoms with Gasteiger partial charge in [0, 0.05) is 19.6 Å². The Labute approximate surface area is 134 Å². The highest BCUT2D eigenvalue weighted by molar-refractivity contribution is 7.93. The third-order valence-electron chi connectivity index (χ3n) is 3.43. The van der Waals surface area contributed by atoms with Crippen molar-refractivity contribution < 1.29 is 13.2 Å². The summed E-state index contributed by atoms with van der Waals surface area (Å²) in [6.07, 6.45) is 0. The van der Waals surface area contributed by atoms with Crippen molar-refractivity contribution in [1.29, 1.82) is 0 Å². The summed E-state index contributed by atoms with van der Waals surface area (Å²) in [7, 11) is -1.92. The van der Waals surface area contributed by atoms with Crippen LogP contribution in [0.15, 0.2) is 51.6 Å². The molecular formula is C15H18N2O3S2. The molecule has 1 aromatic carbocycles. The Bertz CT molecular complexity index is 754. The van der Waals surface area contributed by atoms with E-state index in [2.05, 4.69) is 0 Å². The van der Waals surface area contributed by atoms with Crippen molar-refractivity contribution in [2.75, 3.05) is 13.6 Å². The molecule has 1 aromatic heterocycles. The minimum Gasteiger partial charge on any atom is -0.337 e. The van der Waals surface area contributed by atoms with Crippen molar-refractivity contribution >= 4 is 27.1 Å². The van der Waals surface area contributed by atoms with Crippen molar-refractivity contribution in [2.45, 2.75) is 22.1 Å². The van der Waals surface area contributed by atoms with Crippen LogP contribution in [0, 0.1) is 0 Å². The lowest BCUT2D eigenvalue weighted by Crippen LogP contribution is -2.39. The first-order valence-electron chi connectivity index (χ1n) is 6.75. The molecule has 1 unspecified atom stereocenters. The van der Waals surface area contributed by atoms with Gasteiger partial charge in [-0.1, -0.05) is 18.2 Å². The Morgan fingerprint density at radius 3 is 2.45 bits per heavy atom. The lowest BCUT2D eigenvalue weighted by molar-refractivity contribution is 0.0753. The molecule has 0 aliphatic heterocycles. The van der Waals surface area contributed by atoms with Crippen molar-refractivity contribution in [2.24, 2.45) is 5.73 Å². The third kappa shape index (κ3) is 3.21. The molecular weight excluding hydrogens is 320 g/mol. The zero-order chi connectivity index (χ0) is 16.3. The molecule has 0 spiro atoms. The largest absolute Gasteiger partial charge is 0.337 e. The maximum atomic E-state index is 12.5. The Morgan fingerprint density at radius 2 is 1.86 bits per heavy atom. The van der Waals surface area contributed by atoms with E-state index in [0.717, 1.165) is 11.3 Å². The first-order valence-corrected chi connectivity index (χ1v) is 9.05. The van der Waals surface area contributed by atoms with Crippen LogP contribution in [0.2, 0.25) is 0 Å². The van der Waals surface area contributed by atoms with Gasteiger partial charge in [0.15, 0.2) is 0 Å². The Kier molecular flexibility index (Phi) is 5.00. The Hall–Kier alpha value is -1.70. The number of thiophene rings is 1. The highest BCUT2D eigenvalue weighted by Crippen LogP contribution is 2.28. The van der Waals surface area contributed by atoms with Gasteiger partial charge in [-0.25, -0.2) is 8.42 Å². The number of nitrogens with zero attached hydrogens (tertiary/aromatic N) is 1. The summed E-state index contributed by atoms with van der Waals surface area (Å²) in [6, 6.07) is 11.1. The summed E-state index contributed by atoms with van der Waals surface area (Å²) < 4.78 is 25.2. The summed E-state index contributed by atoms with van der Waals surface area (Å²) >= 11 is 0.979. The van der Waals surface area contributed by atoms with Crippen LogP contribution in [0.5, 0.6) is 0 Å². The first-order chi connectivity index (χ1) is 10.4. The van der Waals surface area contributed by atoms with Crippen LogP contribution in [0.1, 0.15) is 16.6 Å². The number of carbonyl (C=O) groups is 1. The van der Waals surface area contributed by atoms with E-state index in [4.69, 9.17) is 5.73 Å². The average Bonchev–Trinajstić information content (AvgIpc) is 3.04. The molecule has 0 aliphatic rings. The van der Waals surface area contributed by atoms with Crippen molar-refractivity contribution in [3.8, 4) is 0 Å². The Morgan fingerprint density at radius 1 is 1.23 bits per heavy atom. The third-order valence-corrected chi connectivity index (χ3v) is 6.77. The second-order valence-corrected chi connectivity index (χ2v) is 8.20. The summed E-state index contributed by atoms with van der Waals surface area (Å²) in [5.74, 6) is -0.225. The fourth-order valence-electron chi connectivity index (χ4n) is 1.83. The molecule has 0 radical (unpaired) electrons. The van der Waals surface area contributed by atoms with E-state index < -0.39 is 9.84 Å². The number of sulfone groups is 1. The number of rotatable bonds is 5. The smallest absolute Gasteiger partial charge is 0.263 e. The molecule has 118 valence electrons.